The minimum absolute atomic E-state index is 0.0263. The van der Waals surface area contributed by atoms with E-state index in [-0.39, 0.29) is 18.2 Å². The number of methoxy groups -OCH3 is 1. The lowest BCUT2D eigenvalue weighted by Gasteiger charge is -2.38. The SMILES string of the molecule is COC(=O)N1c2ccccc2[C@@H](Nc2nc(-c3ccccc3)cs2)C[C@H]1C. The largest absolute Gasteiger partial charge is 0.452 e. The normalized spacial score (nSPS) is 18.7. The number of fused-ring (bicyclic) bond motifs is 1. The van der Waals surface area contributed by atoms with E-state index in [1.165, 1.54) is 7.11 Å². The lowest BCUT2D eigenvalue weighted by Crippen LogP contribution is -2.44. The highest BCUT2D eigenvalue weighted by Gasteiger charge is 2.34. The van der Waals surface area contributed by atoms with Gasteiger partial charge >= 0.3 is 6.09 Å². The summed E-state index contributed by atoms with van der Waals surface area (Å²) < 4.78 is 4.98. The predicted molar refractivity (Wildman–Crippen MR) is 109 cm³/mol. The van der Waals surface area contributed by atoms with E-state index in [2.05, 4.69) is 28.9 Å². The Kier molecular flexibility index (Phi) is 4.81. The van der Waals surface area contributed by atoms with Crippen molar-refractivity contribution >= 4 is 28.2 Å². The molecule has 1 amide bonds. The number of amides is 1. The molecule has 1 aliphatic rings. The van der Waals surface area contributed by atoms with Crippen LogP contribution in [0.1, 0.15) is 24.9 Å². The molecule has 3 aromatic rings. The number of thiazole rings is 1. The van der Waals surface area contributed by atoms with E-state index in [9.17, 15) is 4.79 Å². The maximum atomic E-state index is 12.2. The maximum Gasteiger partial charge on any atom is 0.414 e. The summed E-state index contributed by atoms with van der Waals surface area (Å²) in [7, 11) is 1.42. The monoisotopic (exact) mass is 379 g/mol. The zero-order valence-corrected chi connectivity index (χ0v) is 16.1. The van der Waals surface area contributed by atoms with Crippen molar-refractivity contribution < 1.29 is 9.53 Å². The van der Waals surface area contributed by atoms with E-state index in [1.807, 2.05) is 43.3 Å². The molecule has 2 heterocycles. The smallest absolute Gasteiger partial charge is 0.414 e. The summed E-state index contributed by atoms with van der Waals surface area (Å²) in [6.07, 6.45) is 0.459. The van der Waals surface area contributed by atoms with Gasteiger partial charge in [-0.15, -0.1) is 11.3 Å². The fraction of sp³-hybridized carbons (Fsp3) is 0.238. The fourth-order valence-electron chi connectivity index (χ4n) is 3.56. The van der Waals surface area contributed by atoms with E-state index < -0.39 is 0 Å². The number of anilines is 2. The second-order valence-corrected chi connectivity index (χ2v) is 7.44. The Balaban J connectivity index is 1.61. The maximum absolute atomic E-state index is 12.2. The molecule has 1 aliphatic heterocycles. The number of carbonyl (C=O) groups is 1. The summed E-state index contributed by atoms with van der Waals surface area (Å²) in [6, 6.07) is 18.2. The first-order chi connectivity index (χ1) is 13.2. The van der Waals surface area contributed by atoms with Crippen molar-refractivity contribution in [3.05, 3.63) is 65.5 Å². The van der Waals surface area contributed by atoms with E-state index in [0.717, 1.165) is 34.1 Å². The lowest BCUT2D eigenvalue weighted by molar-refractivity contribution is 0.175. The van der Waals surface area contributed by atoms with Crippen LogP contribution in [0.2, 0.25) is 0 Å². The van der Waals surface area contributed by atoms with Crippen LogP contribution in [0.4, 0.5) is 15.6 Å². The van der Waals surface area contributed by atoms with E-state index in [1.54, 1.807) is 16.2 Å². The first kappa shape index (κ1) is 17.5. The van der Waals surface area contributed by atoms with Crippen molar-refractivity contribution in [3.8, 4) is 11.3 Å². The summed E-state index contributed by atoms with van der Waals surface area (Å²) in [5, 5.41) is 6.51. The lowest BCUT2D eigenvalue weighted by atomic mass is 9.92. The van der Waals surface area contributed by atoms with Crippen LogP contribution in [0.5, 0.6) is 0 Å². The molecule has 4 rings (SSSR count). The van der Waals surface area contributed by atoms with Crippen molar-refractivity contribution in [2.24, 2.45) is 0 Å². The van der Waals surface area contributed by atoms with Crippen LogP contribution in [-0.2, 0) is 4.74 Å². The number of hydrogen-bond donors (Lipinski definition) is 1. The number of hydrogen-bond acceptors (Lipinski definition) is 5. The number of benzene rings is 2. The fourth-order valence-corrected chi connectivity index (χ4v) is 4.33. The molecule has 0 saturated carbocycles. The molecule has 0 aliphatic carbocycles. The van der Waals surface area contributed by atoms with Crippen LogP contribution < -0.4 is 10.2 Å². The third kappa shape index (κ3) is 3.40. The molecule has 27 heavy (non-hydrogen) atoms. The summed E-state index contributed by atoms with van der Waals surface area (Å²) in [5.41, 5.74) is 4.05. The quantitative estimate of drug-likeness (QED) is 0.668. The van der Waals surface area contributed by atoms with Gasteiger partial charge in [0.15, 0.2) is 5.13 Å². The molecule has 0 unspecified atom stereocenters. The van der Waals surface area contributed by atoms with Crippen LogP contribution in [0.25, 0.3) is 11.3 Å². The van der Waals surface area contributed by atoms with Crippen molar-refractivity contribution in [2.45, 2.75) is 25.4 Å². The number of nitrogens with zero attached hydrogens (tertiary/aromatic N) is 2. The molecule has 6 heteroatoms. The molecule has 1 aromatic heterocycles. The minimum atomic E-state index is -0.325. The number of para-hydroxylation sites is 1. The number of ether oxygens (including phenoxy) is 1. The Bertz CT molecular complexity index is 941. The molecule has 5 nitrogen and oxygen atoms in total. The molecule has 0 bridgehead atoms. The Morgan fingerprint density at radius 1 is 1.19 bits per heavy atom. The summed E-state index contributed by atoms with van der Waals surface area (Å²) in [5.74, 6) is 0. The molecule has 0 fully saturated rings. The Hall–Kier alpha value is -2.86. The van der Waals surface area contributed by atoms with Crippen molar-refractivity contribution in [3.63, 3.8) is 0 Å². The molecule has 0 spiro atoms. The van der Waals surface area contributed by atoms with Crippen LogP contribution in [0.3, 0.4) is 0 Å². The summed E-state index contributed by atoms with van der Waals surface area (Å²) in [4.78, 5) is 18.7. The highest BCUT2D eigenvalue weighted by Crippen LogP contribution is 2.39. The zero-order valence-electron chi connectivity index (χ0n) is 15.3. The molecule has 138 valence electrons. The Morgan fingerprint density at radius 3 is 2.70 bits per heavy atom. The highest BCUT2D eigenvalue weighted by molar-refractivity contribution is 7.14. The van der Waals surface area contributed by atoms with Crippen LogP contribution in [0, 0.1) is 0 Å². The van der Waals surface area contributed by atoms with Gasteiger partial charge in [0, 0.05) is 17.0 Å². The van der Waals surface area contributed by atoms with Crippen molar-refractivity contribution in [1.29, 1.82) is 0 Å². The molecular formula is C21H21N3O2S. The van der Waals surface area contributed by atoms with E-state index in [4.69, 9.17) is 9.72 Å². The molecule has 0 saturated heterocycles. The van der Waals surface area contributed by atoms with Crippen LogP contribution in [0.15, 0.2) is 60.0 Å². The molecule has 2 atom stereocenters. The van der Waals surface area contributed by atoms with Gasteiger partial charge in [0.2, 0.25) is 0 Å². The first-order valence-electron chi connectivity index (χ1n) is 8.91. The van der Waals surface area contributed by atoms with E-state index >= 15 is 0 Å². The van der Waals surface area contributed by atoms with Gasteiger partial charge in [-0.2, -0.15) is 0 Å². The average molecular weight is 379 g/mol. The minimum Gasteiger partial charge on any atom is -0.452 e. The first-order valence-corrected chi connectivity index (χ1v) is 9.79. The second kappa shape index (κ2) is 7.40. The van der Waals surface area contributed by atoms with Gasteiger partial charge < -0.3 is 10.1 Å². The number of aromatic nitrogens is 1. The molecule has 0 radical (unpaired) electrons. The summed E-state index contributed by atoms with van der Waals surface area (Å²) in [6.45, 7) is 2.04. The molecule has 2 aromatic carbocycles. The molecular weight excluding hydrogens is 358 g/mol. The average Bonchev–Trinajstić information content (AvgIpc) is 3.17. The van der Waals surface area contributed by atoms with Gasteiger partial charge in [0.25, 0.3) is 0 Å². The van der Waals surface area contributed by atoms with Gasteiger partial charge in [0.05, 0.1) is 24.5 Å². The van der Waals surface area contributed by atoms with E-state index in [0.29, 0.717) is 0 Å². The summed E-state index contributed by atoms with van der Waals surface area (Å²) >= 11 is 1.60. The van der Waals surface area contributed by atoms with Crippen molar-refractivity contribution in [1.82, 2.24) is 4.98 Å². The van der Waals surface area contributed by atoms with Gasteiger partial charge in [-0.1, -0.05) is 48.5 Å². The van der Waals surface area contributed by atoms with Gasteiger partial charge in [0.1, 0.15) is 0 Å². The second-order valence-electron chi connectivity index (χ2n) is 6.58. The topological polar surface area (TPSA) is 54.5 Å². The van der Waals surface area contributed by atoms with Crippen LogP contribution in [-0.4, -0.2) is 24.2 Å². The third-order valence-corrected chi connectivity index (χ3v) is 5.61. The number of nitrogens with one attached hydrogen (secondary N) is 1. The zero-order chi connectivity index (χ0) is 18.8. The number of rotatable bonds is 3. The van der Waals surface area contributed by atoms with Gasteiger partial charge in [-0.05, 0) is 25.0 Å². The standard InChI is InChI=1S/C21H21N3O2S/c1-14-12-17(16-10-6-7-11-19(16)24(14)21(25)26-2)22-20-23-18(13-27-20)15-8-4-3-5-9-15/h3-11,13-14,17H,12H2,1-2H3,(H,22,23)/t14-,17+/m1/s1. The van der Waals surface area contributed by atoms with Gasteiger partial charge in [-0.25, -0.2) is 9.78 Å². The van der Waals surface area contributed by atoms with Crippen molar-refractivity contribution in [2.75, 3.05) is 17.3 Å². The third-order valence-electron chi connectivity index (χ3n) is 4.83. The number of carbonyl (C=O) groups excluding carboxylic acids is 1. The molecule has 1 N–H and O–H groups in total. The highest BCUT2D eigenvalue weighted by atomic mass is 32.1. The predicted octanol–water partition coefficient (Wildman–Crippen LogP) is 5.33. The van der Waals surface area contributed by atoms with Gasteiger partial charge in [-0.3, -0.25) is 4.90 Å². The Morgan fingerprint density at radius 2 is 1.93 bits per heavy atom. The van der Waals surface area contributed by atoms with Crippen LogP contribution >= 0.6 is 11.3 Å². The Labute approximate surface area is 162 Å².